The average molecular weight is 187 g/mol. The van der Waals surface area contributed by atoms with E-state index < -0.39 is 0 Å². The van der Waals surface area contributed by atoms with Crippen LogP contribution in [0.3, 0.4) is 0 Å². The zero-order valence-corrected chi connectivity index (χ0v) is 7.98. The largest absolute Gasteiger partial charge is 0.309 e. The molecule has 2 aromatic rings. The molecule has 3 rings (SSSR count). The fourth-order valence-electron chi connectivity index (χ4n) is 2.19. The van der Waals surface area contributed by atoms with Gasteiger partial charge in [-0.05, 0) is 31.5 Å². The van der Waals surface area contributed by atoms with Crippen LogP contribution in [-0.2, 0) is 0 Å². The third kappa shape index (κ3) is 1.13. The Labute approximate surface area is 82.8 Å². The topological polar surface area (TPSA) is 29.3 Å². The van der Waals surface area contributed by atoms with Gasteiger partial charge in [-0.2, -0.15) is 0 Å². The van der Waals surface area contributed by atoms with Crippen molar-refractivity contribution >= 4 is 5.65 Å². The lowest BCUT2D eigenvalue weighted by Crippen LogP contribution is -2.15. The van der Waals surface area contributed by atoms with Crippen molar-refractivity contribution in [1.29, 1.82) is 0 Å². The molecule has 0 spiro atoms. The van der Waals surface area contributed by atoms with Gasteiger partial charge in [0.25, 0.3) is 0 Å². The number of nitrogens with one attached hydrogen (secondary N) is 1. The highest BCUT2D eigenvalue weighted by atomic mass is 15.0. The fourth-order valence-corrected chi connectivity index (χ4v) is 2.19. The first kappa shape index (κ1) is 8.00. The van der Waals surface area contributed by atoms with E-state index in [2.05, 4.69) is 26.8 Å². The van der Waals surface area contributed by atoms with Crippen molar-refractivity contribution < 1.29 is 0 Å². The van der Waals surface area contributed by atoms with Crippen LogP contribution in [0.15, 0.2) is 30.6 Å². The Hall–Kier alpha value is -1.35. The minimum absolute atomic E-state index is 0.507. The molecule has 14 heavy (non-hydrogen) atoms. The minimum atomic E-state index is 0.507. The molecule has 0 aliphatic carbocycles. The standard InChI is InChI=1S/C11H13N3/c1-4-10(9-3-2-6-12-9)14-8-7-13-11(14)5-1/h1,4-5,7-9,12H,2-3,6H2. The van der Waals surface area contributed by atoms with Crippen molar-refractivity contribution in [2.24, 2.45) is 0 Å². The van der Waals surface area contributed by atoms with Gasteiger partial charge >= 0.3 is 0 Å². The summed E-state index contributed by atoms with van der Waals surface area (Å²) in [5, 5.41) is 3.51. The molecule has 1 saturated heterocycles. The van der Waals surface area contributed by atoms with Gasteiger partial charge in [0, 0.05) is 24.1 Å². The summed E-state index contributed by atoms with van der Waals surface area (Å²) in [4.78, 5) is 4.29. The van der Waals surface area contributed by atoms with E-state index in [0.29, 0.717) is 6.04 Å². The zero-order chi connectivity index (χ0) is 9.38. The first-order valence-corrected chi connectivity index (χ1v) is 5.10. The molecule has 3 nitrogen and oxygen atoms in total. The summed E-state index contributed by atoms with van der Waals surface area (Å²) in [6.07, 6.45) is 6.39. The van der Waals surface area contributed by atoms with Crippen molar-refractivity contribution in [3.8, 4) is 0 Å². The van der Waals surface area contributed by atoms with Gasteiger partial charge in [0.15, 0.2) is 0 Å². The second kappa shape index (κ2) is 3.10. The van der Waals surface area contributed by atoms with Crippen LogP contribution < -0.4 is 5.32 Å². The van der Waals surface area contributed by atoms with E-state index in [1.807, 2.05) is 18.5 Å². The van der Waals surface area contributed by atoms with Crippen LogP contribution in [0.4, 0.5) is 0 Å². The average Bonchev–Trinajstić information content (AvgIpc) is 2.88. The summed E-state index contributed by atoms with van der Waals surface area (Å²) in [5.74, 6) is 0. The van der Waals surface area contributed by atoms with Crippen LogP contribution in [-0.4, -0.2) is 15.9 Å². The summed E-state index contributed by atoms with van der Waals surface area (Å²) < 4.78 is 2.17. The molecule has 0 bridgehead atoms. The van der Waals surface area contributed by atoms with E-state index in [-0.39, 0.29) is 0 Å². The summed E-state index contributed by atoms with van der Waals surface area (Å²) in [5.41, 5.74) is 2.37. The van der Waals surface area contributed by atoms with Crippen molar-refractivity contribution in [3.05, 3.63) is 36.3 Å². The Bertz CT molecular complexity index is 440. The number of hydrogen-bond donors (Lipinski definition) is 1. The SMILES string of the molecule is c1cc(C2CCCN2)n2ccnc2c1. The summed E-state index contributed by atoms with van der Waals surface area (Å²) in [6.45, 7) is 1.13. The highest BCUT2D eigenvalue weighted by Gasteiger charge is 2.18. The maximum Gasteiger partial charge on any atom is 0.136 e. The lowest BCUT2D eigenvalue weighted by atomic mass is 10.1. The highest BCUT2D eigenvalue weighted by Crippen LogP contribution is 2.23. The molecule has 1 aliphatic rings. The maximum atomic E-state index is 4.29. The molecule has 1 atom stereocenters. The van der Waals surface area contributed by atoms with E-state index in [1.165, 1.54) is 18.5 Å². The first-order chi connectivity index (χ1) is 6.95. The van der Waals surface area contributed by atoms with E-state index >= 15 is 0 Å². The number of aromatic nitrogens is 2. The number of fused-ring (bicyclic) bond motifs is 1. The molecule has 1 fully saturated rings. The Balaban J connectivity index is 2.14. The molecule has 0 saturated carbocycles. The van der Waals surface area contributed by atoms with Crippen LogP contribution in [0.25, 0.3) is 5.65 Å². The van der Waals surface area contributed by atoms with E-state index in [0.717, 1.165) is 12.2 Å². The van der Waals surface area contributed by atoms with Gasteiger partial charge in [-0.1, -0.05) is 6.07 Å². The number of imidazole rings is 1. The van der Waals surface area contributed by atoms with Crippen molar-refractivity contribution in [1.82, 2.24) is 14.7 Å². The first-order valence-electron chi connectivity index (χ1n) is 5.10. The molecule has 72 valence electrons. The Morgan fingerprint density at radius 3 is 3.29 bits per heavy atom. The Kier molecular flexibility index (Phi) is 1.77. The molecule has 3 heterocycles. The lowest BCUT2D eigenvalue weighted by molar-refractivity contribution is 0.619. The van der Waals surface area contributed by atoms with E-state index in [4.69, 9.17) is 0 Å². The minimum Gasteiger partial charge on any atom is -0.309 e. The molecular weight excluding hydrogens is 174 g/mol. The molecule has 1 aliphatic heterocycles. The summed E-state index contributed by atoms with van der Waals surface area (Å²) in [7, 11) is 0. The molecule has 2 aromatic heterocycles. The van der Waals surface area contributed by atoms with Gasteiger partial charge in [0.2, 0.25) is 0 Å². The lowest BCUT2D eigenvalue weighted by Gasteiger charge is -2.12. The van der Waals surface area contributed by atoms with Gasteiger partial charge in [-0.15, -0.1) is 0 Å². The maximum absolute atomic E-state index is 4.29. The van der Waals surface area contributed by atoms with Crippen molar-refractivity contribution in [3.63, 3.8) is 0 Å². The third-order valence-corrected chi connectivity index (χ3v) is 2.88. The fraction of sp³-hybridized carbons (Fsp3) is 0.364. The van der Waals surface area contributed by atoms with Crippen LogP contribution in [0.2, 0.25) is 0 Å². The number of nitrogens with zero attached hydrogens (tertiary/aromatic N) is 2. The quantitative estimate of drug-likeness (QED) is 0.737. The van der Waals surface area contributed by atoms with Gasteiger partial charge in [0.1, 0.15) is 5.65 Å². The van der Waals surface area contributed by atoms with Gasteiger partial charge in [-0.3, -0.25) is 0 Å². The predicted octanol–water partition coefficient (Wildman–Crippen LogP) is 1.76. The van der Waals surface area contributed by atoms with E-state index in [9.17, 15) is 0 Å². The highest BCUT2D eigenvalue weighted by molar-refractivity contribution is 5.40. The van der Waals surface area contributed by atoms with Crippen LogP contribution in [0, 0.1) is 0 Å². The monoisotopic (exact) mass is 187 g/mol. The van der Waals surface area contributed by atoms with Crippen molar-refractivity contribution in [2.75, 3.05) is 6.54 Å². The Morgan fingerprint density at radius 2 is 2.43 bits per heavy atom. The number of pyridine rings is 1. The molecule has 0 radical (unpaired) electrons. The number of hydrogen-bond acceptors (Lipinski definition) is 2. The third-order valence-electron chi connectivity index (χ3n) is 2.88. The molecule has 1 N–H and O–H groups in total. The predicted molar refractivity (Wildman–Crippen MR) is 55.2 cm³/mol. The Morgan fingerprint density at radius 1 is 1.43 bits per heavy atom. The van der Waals surface area contributed by atoms with Gasteiger partial charge in [0.05, 0.1) is 0 Å². The van der Waals surface area contributed by atoms with Gasteiger partial charge < -0.3 is 9.72 Å². The van der Waals surface area contributed by atoms with Gasteiger partial charge in [-0.25, -0.2) is 4.98 Å². The van der Waals surface area contributed by atoms with Crippen LogP contribution >= 0.6 is 0 Å². The smallest absolute Gasteiger partial charge is 0.136 e. The summed E-state index contributed by atoms with van der Waals surface area (Å²) >= 11 is 0. The molecule has 0 aromatic carbocycles. The summed E-state index contributed by atoms with van der Waals surface area (Å²) in [6, 6.07) is 6.81. The molecule has 1 unspecified atom stereocenters. The van der Waals surface area contributed by atoms with Crippen molar-refractivity contribution in [2.45, 2.75) is 18.9 Å². The van der Waals surface area contributed by atoms with Crippen LogP contribution in [0.1, 0.15) is 24.6 Å². The molecule has 0 amide bonds. The van der Waals surface area contributed by atoms with Crippen LogP contribution in [0.5, 0.6) is 0 Å². The zero-order valence-electron chi connectivity index (χ0n) is 7.98. The molecular formula is C11H13N3. The molecule has 3 heteroatoms. The second-order valence-corrected chi connectivity index (χ2v) is 3.76. The normalized spacial score (nSPS) is 21.9. The second-order valence-electron chi connectivity index (χ2n) is 3.76. The van der Waals surface area contributed by atoms with E-state index in [1.54, 1.807) is 0 Å². The number of rotatable bonds is 1.